The van der Waals surface area contributed by atoms with Crippen LogP contribution in [0.1, 0.15) is 12.0 Å². The lowest BCUT2D eigenvalue weighted by Crippen LogP contribution is -2.27. The van der Waals surface area contributed by atoms with Gasteiger partial charge in [-0.05, 0) is 38.4 Å². The van der Waals surface area contributed by atoms with E-state index in [0.717, 1.165) is 25.4 Å². The van der Waals surface area contributed by atoms with Gasteiger partial charge in [-0.15, -0.1) is 0 Å². The van der Waals surface area contributed by atoms with Gasteiger partial charge >= 0.3 is 0 Å². The first-order valence-electron chi connectivity index (χ1n) is 6.26. The molecule has 0 aliphatic rings. The quantitative estimate of drug-likeness (QED) is 0.680. The first-order chi connectivity index (χ1) is 8.29. The Morgan fingerprint density at radius 3 is 2.59 bits per heavy atom. The van der Waals surface area contributed by atoms with Crippen molar-refractivity contribution in [3.05, 3.63) is 35.9 Å². The Morgan fingerprint density at radius 1 is 1.12 bits per heavy atom. The first kappa shape index (κ1) is 14.6. The van der Waals surface area contributed by atoms with E-state index < -0.39 is 0 Å². The zero-order chi connectivity index (χ0) is 12.3. The molecule has 0 radical (unpaired) electrons. The fraction of sp³-hybridized carbons (Fsp3) is 0.571. The number of hydrogen-bond donors (Lipinski definition) is 1. The van der Waals surface area contributed by atoms with E-state index in [1.54, 1.807) is 0 Å². The first-order valence-corrected chi connectivity index (χ1v) is 7.41. The second-order valence-corrected chi connectivity index (χ2v) is 5.55. The summed E-state index contributed by atoms with van der Waals surface area (Å²) < 4.78 is 0. The summed E-state index contributed by atoms with van der Waals surface area (Å²) in [7, 11) is 4.22. The third-order valence-electron chi connectivity index (χ3n) is 2.49. The second kappa shape index (κ2) is 9.51. The van der Waals surface area contributed by atoms with Crippen LogP contribution >= 0.6 is 11.8 Å². The Labute approximate surface area is 110 Å². The van der Waals surface area contributed by atoms with Gasteiger partial charge in [0.1, 0.15) is 0 Å². The predicted octanol–water partition coefficient (Wildman–Crippen LogP) is 2.46. The summed E-state index contributed by atoms with van der Waals surface area (Å²) in [5.41, 5.74) is 1.43. The van der Waals surface area contributed by atoms with Crippen molar-refractivity contribution in [2.45, 2.75) is 12.2 Å². The van der Waals surface area contributed by atoms with Crippen LogP contribution < -0.4 is 5.32 Å². The van der Waals surface area contributed by atoms with Gasteiger partial charge in [0, 0.05) is 18.8 Å². The van der Waals surface area contributed by atoms with Gasteiger partial charge in [0.05, 0.1) is 0 Å². The summed E-state index contributed by atoms with van der Waals surface area (Å²) in [6, 6.07) is 10.7. The van der Waals surface area contributed by atoms with Crippen LogP contribution in [-0.2, 0) is 5.75 Å². The molecule has 0 aliphatic carbocycles. The third-order valence-corrected chi connectivity index (χ3v) is 3.60. The number of rotatable bonds is 9. The largest absolute Gasteiger partial charge is 0.315 e. The monoisotopic (exact) mass is 252 g/mol. The molecule has 0 heterocycles. The molecular formula is C14H24N2S. The molecule has 0 amide bonds. The molecule has 0 fully saturated rings. The summed E-state index contributed by atoms with van der Waals surface area (Å²) in [5, 5.41) is 3.46. The molecule has 0 aliphatic heterocycles. The second-order valence-electron chi connectivity index (χ2n) is 4.45. The molecule has 0 bridgehead atoms. The molecule has 17 heavy (non-hydrogen) atoms. The number of likely N-dealkylation sites (N-methyl/N-ethyl adjacent to an activating group) is 1. The molecule has 0 unspecified atom stereocenters. The summed E-state index contributed by atoms with van der Waals surface area (Å²) in [5.74, 6) is 2.38. The van der Waals surface area contributed by atoms with Crippen LogP contribution in [0.5, 0.6) is 0 Å². The van der Waals surface area contributed by atoms with Crippen molar-refractivity contribution in [3.63, 3.8) is 0 Å². The van der Waals surface area contributed by atoms with Gasteiger partial charge < -0.3 is 10.2 Å². The van der Waals surface area contributed by atoms with Crippen LogP contribution in [-0.4, -0.2) is 44.4 Å². The van der Waals surface area contributed by atoms with Gasteiger partial charge in [-0.25, -0.2) is 0 Å². The van der Waals surface area contributed by atoms with E-state index in [1.165, 1.54) is 17.7 Å². The van der Waals surface area contributed by atoms with Gasteiger partial charge in [0.25, 0.3) is 0 Å². The Bertz CT molecular complexity index is 275. The average molecular weight is 252 g/mol. The fourth-order valence-electron chi connectivity index (χ4n) is 1.49. The van der Waals surface area contributed by atoms with Crippen LogP contribution in [0.2, 0.25) is 0 Å². The lowest BCUT2D eigenvalue weighted by Gasteiger charge is -2.10. The summed E-state index contributed by atoms with van der Waals surface area (Å²) >= 11 is 2.02. The van der Waals surface area contributed by atoms with E-state index in [1.807, 2.05) is 11.8 Å². The van der Waals surface area contributed by atoms with Crippen molar-refractivity contribution in [1.29, 1.82) is 0 Å². The van der Waals surface area contributed by atoms with Gasteiger partial charge in [-0.1, -0.05) is 30.3 Å². The van der Waals surface area contributed by atoms with Gasteiger partial charge in [-0.3, -0.25) is 0 Å². The van der Waals surface area contributed by atoms with Gasteiger partial charge in [0.15, 0.2) is 0 Å². The molecule has 0 saturated heterocycles. The zero-order valence-electron chi connectivity index (χ0n) is 11.0. The van der Waals surface area contributed by atoms with Crippen molar-refractivity contribution in [2.24, 2.45) is 0 Å². The Kier molecular flexibility index (Phi) is 8.14. The highest BCUT2D eigenvalue weighted by Gasteiger charge is 1.93. The highest BCUT2D eigenvalue weighted by Crippen LogP contribution is 2.11. The number of benzene rings is 1. The Hall–Kier alpha value is -0.510. The summed E-state index contributed by atoms with van der Waals surface area (Å²) in [6.45, 7) is 3.35. The van der Waals surface area contributed by atoms with E-state index in [0.29, 0.717) is 0 Å². The average Bonchev–Trinajstić information content (AvgIpc) is 2.33. The molecule has 1 rings (SSSR count). The summed E-state index contributed by atoms with van der Waals surface area (Å²) in [4.78, 5) is 2.21. The third kappa shape index (κ3) is 8.25. The number of hydrogen-bond acceptors (Lipinski definition) is 3. The molecule has 2 nitrogen and oxygen atoms in total. The molecular weight excluding hydrogens is 228 g/mol. The minimum absolute atomic E-state index is 1.09. The van der Waals surface area contributed by atoms with E-state index in [9.17, 15) is 0 Å². The SMILES string of the molecule is CN(C)CCNCCCSCc1ccccc1. The Balaban J connectivity index is 1.88. The van der Waals surface area contributed by atoms with Crippen molar-refractivity contribution in [2.75, 3.05) is 39.5 Å². The maximum atomic E-state index is 3.46. The number of nitrogens with zero attached hydrogens (tertiary/aromatic N) is 1. The van der Waals surface area contributed by atoms with E-state index in [4.69, 9.17) is 0 Å². The van der Waals surface area contributed by atoms with Gasteiger partial charge in [0.2, 0.25) is 0 Å². The lowest BCUT2D eigenvalue weighted by atomic mass is 10.2. The molecule has 0 saturated carbocycles. The van der Waals surface area contributed by atoms with Crippen LogP contribution in [0, 0.1) is 0 Å². The minimum Gasteiger partial charge on any atom is -0.315 e. The lowest BCUT2D eigenvalue weighted by molar-refractivity contribution is 0.400. The van der Waals surface area contributed by atoms with Crippen LogP contribution in [0.4, 0.5) is 0 Å². The van der Waals surface area contributed by atoms with Crippen LogP contribution in [0.15, 0.2) is 30.3 Å². The zero-order valence-corrected chi connectivity index (χ0v) is 11.8. The highest BCUT2D eigenvalue weighted by molar-refractivity contribution is 7.98. The van der Waals surface area contributed by atoms with Crippen molar-refractivity contribution in [1.82, 2.24) is 10.2 Å². The number of nitrogens with one attached hydrogen (secondary N) is 1. The molecule has 0 spiro atoms. The molecule has 1 N–H and O–H groups in total. The maximum absolute atomic E-state index is 3.46. The molecule has 96 valence electrons. The highest BCUT2D eigenvalue weighted by atomic mass is 32.2. The summed E-state index contributed by atoms with van der Waals surface area (Å²) in [6.07, 6.45) is 1.25. The molecule has 1 aromatic rings. The van der Waals surface area contributed by atoms with Crippen molar-refractivity contribution >= 4 is 11.8 Å². The van der Waals surface area contributed by atoms with Crippen molar-refractivity contribution in [3.8, 4) is 0 Å². The topological polar surface area (TPSA) is 15.3 Å². The van der Waals surface area contributed by atoms with E-state index in [2.05, 4.69) is 54.6 Å². The maximum Gasteiger partial charge on any atom is 0.0184 e. The van der Waals surface area contributed by atoms with E-state index >= 15 is 0 Å². The minimum atomic E-state index is 1.09. The van der Waals surface area contributed by atoms with Crippen LogP contribution in [0.3, 0.4) is 0 Å². The van der Waals surface area contributed by atoms with E-state index in [-0.39, 0.29) is 0 Å². The number of thioether (sulfide) groups is 1. The molecule has 0 atom stereocenters. The predicted molar refractivity (Wildman–Crippen MR) is 78.6 cm³/mol. The molecule has 3 heteroatoms. The molecule has 0 aromatic heterocycles. The smallest absolute Gasteiger partial charge is 0.0184 e. The standard InChI is InChI=1S/C14H24N2S/c1-16(2)11-10-15-9-6-12-17-13-14-7-4-3-5-8-14/h3-5,7-8,15H,6,9-13H2,1-2H3. The molecule has 1 aromatic carbocycles. The van der Waals surface area contributed by atoms with Gasteiger partial charge in [-0.2, -0.15) is 11.8 Å². The van der Waals surface area contributed by atoms with Crippen LogP contribution in [0.25, 0.3) is 0 Å². The Morgan fingerprint density at radius 2 is 1.88 bits per heavy atom. The normalized spacial score (nSPS) is 11.0. The fourth-order valence-corrected chi connectivity index (χ4v) is 2.41. The van der Waals surface area contributed by atoms with Crippen molar-refractivity contribution < 1.29 is 0 Å².